The number of methoxy groups -OCH3 is 3. The van der Waals surface area contributed by atoms with Crippen LogP contribution in [0, 0.1) is 6.92 Å². The molecule has 0 N–H and O–H groups in total. The zero-order valence-electron chi connectivity index (χ0n) is 24.5. The van der Waals surface area contributed by atoms with Gasteiger partial charge in [0.15, 0.2) is 22.2 Å². The van der Waals surface area contributed by atoms with Crippen molar-refractivity contribution in [1.29, 1.82) is 0 Å². The Hall–Kier alpha value is -3.71. The maximum atomic E-state index is 7.20. The average molecular weight is 571 g/mol. The van der Waals surface area contributed by atoms with Crippen LogP contribution in [0.25, 0.3) is 11.3 Å². The summed E-state index contributed by atoms with van der Waals surface area (Å²) in [6.07, 6.45) is 6.29. The number of ether oxygens (including phenoxy) is 4. The number of anilines is 1. The summed E-state index contributed by atoms with van der Waals surface area (Å²) in [5, 5.41) is 1.05. The van der Waals surface area contributed by atoms with Crippen molar-refractivity contribution in [3.8, 4) is 34.3 Å². The molecular formula is C34H38N2O4S. The predicted octanol–water partition coefficient (Wildman–Crippen LogP) is 7.99. The van der Waals surface area contributed by atoms with E-state index in [0.717, 1.165) is 44.7 Å². The highest BCUT2D eigenvalue weighted by atomic mass is 32.1. The Morgan fingerprint density at radius 3 is 2.22 bits per heavy atom. The Balaban J connectivity index is 1.65. The van der Waals surface area contributed by atoms with Crippen LogP contribution in [0.2, 0.25) is 0 Å². The van der Waals surface area contributed by atoms with Crippen LogP contribution in [0.3, 0.4) is 0 Å². The van der Waals surface area contributed by atoms with Crippen molar-refractivity contribution in [2.45, 2.75) is 57.6 Å². The molecule has 0 amide bonds. The van der Waals surface area contributed by atoms with Gasteiger partial charge in [0.2, 0.25) is 5.75 Å². The molecule has 0 saturated heterocycles. The van der Waals surface area contributed by atoms with Crippen molar-refractivity contribution in [3.05, 3.63) is 82.2 Å². The number of benzene rings is 3. The number of fused-ring (bicyclic) bond motifs is 3. The van der Waals surface area contributed by atoms with Gasteiger partial charge in [-0.1, -0.05) is 72.6 Å². The van der Waals surface area contributed by atoms with E-state index >= 15 is 0 Å². The van der Waals surface area contributed by atoms with Gasteiger partial charge in [0, 0.05) is 29.3 Å². The molecule has 6 rings (SSSR count). The third kappa shape index (κ3) is 4.60. The molecule has 0 radical (unpaired) electrons. The molecule has 0 bridgehead atoms. The first-order valence-electron chi connectivity index (χ1n) is 14.5. The third-order valence-corrected chi connectivity index (χ3v) is 9.67. The molecule has 2 aliphatic rings. The van der Waals surface area contributed by atoms with Crippen LogP contribution in [-0.2, 0) is 5.60 Å². The lowest BCUT2D eigenvalue weighted by atomic mass is 9.80. The van der Waals surface area contributed by atoms with Crippen LogP contribution in [0.5, 0.6) is 23.0 Å². The fourth-order valence-corrected chi connectivity index (χ4v) is 7.77. The van der Waals surface area contributed by atoms with E-state index in [1.807, 2.05) is 24.3 Å². The quantitative estimate of drug-likeness (QED) is 0.214. The molecule has 214 valence electrons. The van der Waals surface area contributed by atoms with Gasteiger partial charge in [-0.3, -0.25) is 0 Å². The Labute approximate surface area is 246 Å². The summed E-state index contributed by atoms with van der Waals surface area (Å²) in [5.74, 6) is 2.51. The van der Waals surface area contributed by atoms with Gasteiger partial charge in [-0.05, 0) is 51.0 Å². The normalized spacial score (nSPS) is 18.2. The van der Waals surface area contributed by atoms with E-state index in [1.165, 1.54) is 37.7 Å². The first-order valence-corrected chi connectivity index (χ1v) is 15.3. The zero-order valence-corrected chi connectivity index (χ0v) is 25.3. The molecule has 1 aliphatic heterocycles. The molecular weight excluding hydrogens is 532 g/mol. The molecule has 6 nitrogen and oxygen atoms in total. The van der Waals surface area contributed by atoms with E-state index < -0.39 is 5.60 Å². The molecule has 1 atom stereocenters. The first kappa shape index (κ1) is 27.5. The zero-order chi connectivity index (χ0) is 28.6. The summed E-state index contributed by atoms with van der Waals surface area (Å²) in [5.41, 5.74) is 4.10. The Morgan fingerprint density at radius 2 is 1.59 bits per heavy atom. The molecule has 0 spiro atoms. The number of para-hydroxylation sites is 1. The fourth-order valence-electron chi connectivity index (χ4n) is 6.38. The summed E-state index contributed by atoms with van der Waals surface area (Å²) < 4.78 is 24.5. The van der Waals surface area contributed by atoms with Crippen LogP contribution >= 0.6 is 11.3 Å². The summed E-state index contributed by atoms with van der Waals surface area (Å²) >= 11 is 1.74. The second kappa shape index (κ2) is 11.3. The lowest BCUT2D eigenvalue weighted by molar-refractivity contribution is 0.154. The second-order valence-corrected chi connectivity index (χ2v) is 11.8. The number of aryl methyl sites for hydroxylation is 1. The summed E-state index contributed by atoms with van der Waals surface area (Å²) in [6, 6.07) is 21.4. The Bertz CT molecular complexity index is 1500. The van der Waals surface area contributed by atoms with Gasteiger partial charge in [-0.2, -0.15) is 0 Å². The number of hydrogen-bond donors (Lipinski definition) is 0. The van der Waals surface area contributed by atoms with E-state index in [4.69, 9.17) is 23.9 Å². The van der Waals surface area contributed by atoms with Crippen molar-refractivity contribution >= 4 is 16.5 Å². The molecule has 4 aromatic rings. The van der Waals surface area contributed by atoms with Crippen LogP contribution in [0.15, 0.2) is 60.7 Å². The minimum Gasteiger partial charge on any atom is -0.493 e. The summed E-state index contributed by atoms with van der Waals surface area (Å²) in [4.78, 5) is 8.97. The molecule has 1 aromatic heterocycles. The lowest BCUT2D eigenvalue weighted by Gasteiger charge is -2.39. The third-order valence-electron chi connectivity index (χ3n) is 8.47. The number of thiazole rings is 1. The van der Waals surface area contributed by atoms with E-state index in [2.05, 4.69) is 55.1 Å². The number of nitrogens with zero attached hydrogens (tertiary/aromatic N) is 2. The van der Waals surface area contributed by atoms with Crippen LogP contribution in [0.1, 0.15) is 60.6 Å². The topological polar surface area (TPSA) is 53.1 Å². The maximum Gasteiger partial charge on any atom is 0.203 e. The van der Waals surface area contributed by atoms with E-state index in [-0.39, 0.29) is 0 Å². The van der Waals surface area contributed by atoms with Crippen LogP contribution in [0.4, 0.5) is 5.13 Å². The molecule has 2 heterocycles. The second-order valence-electron chi connectivity index (χ2n) is 10.8. The Morgan fingerprint density at radius 1 is 0.902 bits per heavy atom. The summed E-state index contributed by atoms with van der Waals surface area (Å²) in [7, 11) is 4.92. The highest BCUT2D eigenvalue weighted by molar-refractivity contribution is 7.16. The van der Waals surface area contributed by atoms with Gasteiger partial charge in [-0.25, -0.2) is 4.98 Å². The van der Waals surface area contributed by atoms with Crippen molar-refractivity contribution < 1.29 is 18.9 Å². The number of hydrogen-bond acceptors (Lipinski definition) is 7. The van der Waals surface area contributed by atoms with Gasteiger partial charge in [0.1, 0.15) is 5.75 Å². The molecule has 7 heteroatoms. The standard InChI is InChI=1S/C34H38N2O4S/c1-6-36(25-12-8-7-9-13-25)33-35-30-26-14-10-11-15-27(26)40-34(32(30)41-33,23-18-16-22(2)17-19-23)24-20-28(37-3)31(39-5)29(21-24)38-4/h10-11,14-21,25H,6-9,12-13H2,1-5H3. The summed E-state index contributed by atoms with van der Waals surface area (Å²) in [6.45, 7) is 5.26. The number of aromatic nitrogens is 1. The maximum absolute atomic E-state index is 7.20. The van der Waals surface area contributed by atoms with E-state index in [1.54, 1.807) is 32.7 Å². The van der Waals surface area contributed by atoms with Gasteiger partial charge in [0.05, 0.1) is 31.9 Å². The van der Waals surface area contributed by atoms with E-state index in [9.17, 15) is 0 Å². The van der Waals surface area contributed by atoms with Gasteiger partial charge in [0.25, 0.3) is 0 Å². The molecule has 1 unspecified atom stereocenters. The molecule has 1 aliphatic carbocycles. The highest BCUT2D eigenvalue weighted by Gasteiger charge is 2.48. The largest absolute Gasteiger partial charge is 0.493 e. The monoisotopic (exact) mass is 570 g/mol. The number of rotatable bonds is 8. The van der Waals surface area contributed by atoms with Crippen molar-refractivity contribution in [2.24, 2.45) is 0 Å². The molecule has 1 fully saturated rings. The fraction of sp³-hybridized carbons (Fsp3) is 0.382. The predicted molar refractivity (Wildman–Crippen MR) is 165 cm³/mol. The molecule has 1 saturated carbocycles. The van der Waals surface area contributed by atoms with Crippen LogP contribution in [-0.4, -0.2) is 38.9 Å². The van der Waals surface area contributed by atoms with Crippen molar-refractivity contribution in [1.82, 2.24) is 4.98 Å². The van der Waals surface area contributed by atoms with Gasteiger partial charge in [-0.15, -0.1) is 0 Å². The van der Waals surface area contributed by atoms with Gasteiger partial charge >= 0.3 is 0 Å². The van der Waals surface area contributed by atoms with Crippen LogP contribution < -0.4 is 23.8 Å². The minimum absolute atomic E-state index is 0.507. The van der Waals surface area contributed by atoms with Gasteiger partial charge < -0.3 is 23.8 Å². The van der Waals surface area contributed by atoms with Crippen molar-refractivity contribution in [3.63, 3.8) is 0 Å². The minimum atomic E-state index is -0.980. The lowest BCUT2D eigenvalue weighted by Crippen LogP contribution is -2.38. The average Bonchev–Trinajstić information content (AvgIpc) is 3.47. The SMILES string of the molecule is CCN(c1nc2c(s1)C(c1ccc(C)cc1)(c1cc(OC)c(OC)c(OC)c1)Oc1ccccc1-2)C1CCCCC1. The smallest absolute Gasteiger partial charge is 0.203 e. The molecule has 3 aromatic carbocycles. The van der Waals surface area contributed by atoms with E-state index in [0.29, 0.717) is 23.3 Å². The molecule has 41 heavy (non-hydrogen) atoms. The highest BCUT2D eigenvalue weighted by Crippen LogP contribution is 2.56. The first-order chi connectivity index (χ1) is 20.0. The van der Waals surface area contributed by atoms with Crippen molar-refractivity contribution in [2.75, 3.05) is 32.8 Å². The Kier molecular flexibility index (Phi) is 7.56.